The Morgan fingerprint density at radius 1 is 1.12 bits per heavy atom. The fourth-order valence-corrected chi connectivity index (χ4v) is 4.42. The number of rotatable bonds is 7. The monoisotopic (exact) mass is 378 g/mol. The van der Waals surface area contributed by atoms with Crippen LogP contribution >= 0.6 is 11.3 Å². The fourth-order valence-electron chi connectivity index (χ4n) is 3.68. The Balaban J connectivity index is 1.24. The second-order valence-electron chi connectivity index (χ2n) is 7.27. The van der Waals surface area contributed by atoms with Crippen LogP contribution in [-0.4, -0.2) is 61.0 Å². The molecular weight excluding hydrogens is 348 g/mol. The lowest BCUT2D eigenvalue weighted by atomic mass is 9.97. The minimum Gasteiger partial charge on any atom is -0.343 e. The van der Waals surface area contributed by atoms with Crippen molar-refractivity contribution < 1.29 is 9.59 Å². The molecule has 2 aliphatic rings. The van der Waals surface area contributed by atoms with Crippen LogP contribution in [0.1, 0.15) is 37.0 Å². The second-order valence-corrected chi connectivity index (χ2v) is 8.31. The Hall–Kier alpha value is -1.60. The maximum absolute atomic E-state index is 11.9. The molecule has 0 atom stereocenters. The molecule has 2 N–H and O–H groups in total. The molecule has 1 aromatic rings. The highest BCUT2D eigenvalue weighted by molar-refractivity contribution is 7.09. The van der Waals surface area contributed by atoms with E-state index in [0.717, 1.165) is 65.0 Å². The summed E-state index contributed by atoms with van der Waals surface area (Å²) in [5.41, 5.74) is 0. The van der Waals surface area contributed by atoms with Crippen LogP contribution in [0.4, 0.5) is 4.79 Å². The standard InChI is InChI=1S/C19H30N4O2S/c24-18(23-9-1-2-10-23)5-8-20-19(25)21-14-16-6-11-22(12-7-16)15-17-4-3-13-26-17/h3-4,13,16H,1-2,5-12,14-15H2,(H2,20,21,25). The minimum absolute atomic E-state index is 0.153. The van der Waals surface area contributed by atoms with Gasteiger partial charge in [-0.2, -0.15) is 0 Å². The Morgan fingerprint density at radius 2 is 1.88 bits per heavy atom. The maximum Gasteiger partial charge on any atom is 0.314 e. The third-order valence-electron chi connectivity index (χ3n) is 5.30. The van der Waals surface area contributed by atoms with Gasteiger partial charge in [-0.15, -0.1) is 11.3 Å². The average molecular weight is 379 g/mol. The molecule has 0 aromatic carbocycles. The third-order valence-corrected chi connectivity index (χ3v) is 6.16. The van der Waals surface area contributed by atoms with Gasteiger partial charge in [0, 0.05) is 44.0 Å². The molecule has 26 heavy (non-hydrogen) atoms. The Kier molecular flexibility index (Phi) is 7.32. The smallest absolute Gasteiger partial charge is 0.314 e. The molecule has 0 saturated carbocycles. The van der Waals surface area contributed by atoms with Crippen molar-refractivity contribution in [1.29, 1.82) is 0 Å². The van der Waals surface area contributed by atoms with Crippen LogP contribution in [0, 0.1) is 5.92 Å². The predicted molar refractivity (Wildman–Crippen MR) is 104 cm³/mol. The molecule has 0 bridgehead atoms. The van der Waals surface area contributed by atoms with Gasteiger partial charge >= 0.3 is 6.03 Å². The van der Waals surface area contributed by atoms with E-state index in [9.17, 15) is 9.59 Å². The largest absolute Gasteiger partial charge is 0.343 e. The molecule has 0 aliphatic carbocycles. The van der Waals surface area contributed by atoms with Crippen LogP contribution < -0.4 is 10.6 Å². The van der Waals surface area contributed by atoms with Crippen molar-refractivity contribution in [3.05, 3.63) is 22.4 Å². The number of carbonyl (C=O) groups is 2. The molecule has 0 unspecified atom stereocenters. The lowest BCUT2D eigenvalue weighted by Crippen LogP contribution is -2.42. The van der Waals surface area contributed by atoms with Gasteiger partial charge in [0.15, 0.2) is 0 Å². The number of hydrogen-bond acceptors (Lipinski definition) is 4. The number of carbonyl (C=O) groups excluding carboxylic acids is 2. The van der Waals surface area contributed by atoms with E-state index in [1.54, 1.807) is 0 Å². The van der Waals surface area contributed by atoms with Gasteiger partial charge in [0.25, 0.3) is 0 Å². The van der Waals surface area contributed by atoms with Gasteiger partial charge in [-0.3, -0.25) is 9.69 Å². The summed E-state index contributed by atoms with van der Waals surface area (Å²) in [4.78, 5) is 29.6. The number of nitrogens with zero attached hydrogens (tertiary/aromatic N) is 2. The molecule has 2 aliphatic heterocycles. The SMILES string of the molecule is O=C(NCCC(=O)N1CCCC1)NCC1CCN(Cc2cccs2)CC1. The van der Waals surface area contributed by atoms with E-state index in [1.807, 2.05) is 16.2 Å². The molecule has 0 spiro atoms. The molecule has 7 heteroatoms. The Morgan fingerprint density at radius 3 is 2.58 bits per heavy atom. The van der Waals surface area contributed by atoms with E-state index in [-0.39, 0.29) is 11.9 Å². The molecule has 2 fully saturated rings. The molecule has 0 radical (unpaired) electrons. The van der Waals surface area contributed by atoms with Crippen LogP contribution in [0.2, 0.25) is 0 Å². The highest BCUT2D eigenvalue weighted by Crippen LogP contribution is 2.20. The number of piperidine rings is 1. The van der Waals surface area contributed by atoms with E-state index in [4.69, 9.17) is 0 Å². The van der Waals surface area contributed by atoms with Gasteiger partial charge < -0.3 is 15.5 Å². The predicted octanol–water partition coefficient (Wildman–Crippen LogP) is 2.27. The number of hydrogen-bond donors (Lipinski definition) is 2. The van der Waals surface area contributed by atoms with E-state index in [0.29, 0.717) is 18.9 Å². The molecule has 144 valence electrons. The average Bonchev–Trinajstić information content (AvgIpc) is 3.35. The second kappa shape index (κ2) is 9.92. The third kappa shape index (κ3) is 5.99. The topological polar surface area (TPSA) is 64.7 Å². The van der Waals surface area contributed by atoms with Crippen molar-refractivity contribution in [2.24, 2.45) is 5.92 Å². The summed E-state index contributed by atoms with van der Waals surface area (Å²) in [6, 6.07) is 4.14. The minimum atomic E-state index is -0.153. The number of nitrogens with one attached hydrogen (secondary N) is 2. The molecule has 6 nitrogen and oxygen atoms in total. The first kappa shape index (κ1) is 19.2. The summed E-state index contributed by atoms with van der Waals surface area (Å²) < 4.78 is 0. The van der Waals surface area contributed by atoms with E-state index in [2.05, 4.69) is 33.0 Å². The molecular formula is C19H30N4O2S. The summed E-state index contributed by atoms with van der Waals surface area (Å²) in [5, 5.41) is 7.90. The van der Waals surface area contributed by atoms with Crippen molar-refractivity contribution in [3.63, 3.8) is 0 Å². The first-order valence-corrected chi connectivity index (χ1v) is 10.6. The number of urea groups is 1. The van der Waals surface area contributed by atoms with Gasteiger partial charge in [-0.05, 0) is 56.1 Å². The zero-order valence-electron chi connectivity index (χ0n) is 15.4. The first-order valence-electron chi connectivity index (χ1n) is 9.75. The molecule has 3 heterocycles. The molecule has 3 amide bonds. The number of amides is 3. The van der Waals surface area contributed by atoms with Crippen molar-refractivity contribution >= 4 is 23.3 Å². The van der Waals surface area contributed by atoms with Crippen molar-refractivity contribution in [2.45, 2.75) is 38.6 Å². The zero-order valence-corrected chi connectivity index (χ0v) is 16.2. The Bertz CT molecular complexity index is 564. The van der Waals surface area contributed by atoms with Crippen LogP contribution in [0.25, 0.3) is 0 Å². The lowest BCUT2D eigenvalue weighted by Gasteiger charge is -2.31. The van der Waals surface area contributed by atoms with Gasteiger partial charge in [0.2, 0.25) is 5.91 Å². The molecule has 2 saturated heterocycles. The van der Waals surface area contributed by atoms with E-state index >= 15 is 0 Å². The summed E-state index contributed by atoms with van der Waals surface area (Å²) in [7, 11) is 0. The zero-order chi connectivity index (χ0) is 18.2. The Labute approximate surface area is 159 Å². The van der Waals surface area contributed by atoms with Crippen LogP contribution in [0.15, 0.2) is 17.5 Å². The van der Waals surface area contributed by atoms with E-state index < -0.39 is 0 Å². The van der Waals surface area contributed by atoms with Crippen LogP contribution in [0.5, 0.6) is 0 Å². The van der Waals surface area contributed by atoms with Crippen molar-refractivity contribution in [2.75, 3.05) is 39.3 Å². The summed E-state index contributed by atoms with van der Waals surface area (Å²) >= 11 is 1.82. The first-order chi connectivity index (χ1) is 12.7. The maximum atomic E-state index is 11.9. The number of thiophene rings is 1. The summed E-state index contributed by atoms with van der Waals surface area (Å²) in [6.45, 7) is 6.11. The molecule has 3 rings (SSSR count). The van der Waals surface area contributed by atoms with Crippen LogP contribution in [-0.2, 0) is 11.3 Å². The lowest BCUT2D eigenvalue weighted by molar-refractivity contribution is -0.129. The normalized spacial score (nSPS) is 18.8. The van der Waals surface area contributed by atoms with Crippen molar-refractivity contribution in [3.8, 4) is 0 Å². The van der Waals surface area contributed by atoms with Gasteiger partial charge in [0.05, 0.1) is 0 Å². The van der Waals surface area contributed by atoms with Gasteiger partial charge in [0.1, 0.15) is 0 Å². The van der Waals surface area contributed by atoms with Crippen molar-refractivity contribution in [1.82, 2.24) is 20.4 Å². The summed E-state index contributed by atoms with van der Waals surface area (Å²) in [5.74, 6) is 0.701. The highest BCUT2D eigenvalue weighted by atomic mass is 32.1. The van der Waals surface area contributed by atoms with Crippen LogP contribution in [0.3, 0.4) is 0 Å². The van der Waals surface area contributed by atoms with E-state index in [1.165, 1.54) is 4.88 Å². The quantitative estimate of drug-likeness (QED) is 0.765. The van der Waals surface area contributed by atoms with Gasteiger partial charge in [-0.25, -0.2) is 4.79 Å². The number of likely N-dealkylation sites (tertiary alicyclic amines) is 2. The molecule has 1 aromatic heterocycles. The highest BCUT2D eigenvalue weighted by Gasteiger charge is 2.20. The fraction of sp³-hybridized carbons (Fsp3) is 0.684. The van der Waals surface area contributed by atoms with Gasteiger partial charge in [-0.1, -0.05) is 6.07 Å². The summed E-state index contributed by atoms with van der Waals surface area (Å²) in [6.07, 6.45) is 4.85.